The van der Waals surface area contributed by atoms with Crippen molar-refractivity contribution < 1.29 is 14.3 Å². The van der Waals surface area contributed by atoms with Crippen LogP contribution >= 0.6 is 11.6 Å². The second kappa shape index (κ2) is 10.4. The summed E-state index contributed by atoms with van der Waals surface area (Å²) in [4.78, 5) is 24.8. The molecule has 1 heterocycles. The van der Waals surface area contributed by atoms with Crippen molar-refractivity contribution in [3.05, 3.63) is 34.9 Å². The number of nitrogens with zero attached hydrogens (tertiary/aromatic N) is 1. The number of aldehydes is 1. The summed E-state index contributed by atoms with van der Waals surface area (Å²) in [7, 11) is 0. The predicted molar refractivity (Wildman–Crippen MR) is 94.0 cm³/mol. The molecule has 1 saturated heterocycles. The number of rotatable bonds is 9. The number of ether oxygens (including phenoxy) is 1. The van der Waals surface area contributed by atoms with Gasteiger partial charge in [-0.2, -0.15) is 0 Å². The van der Waals surface area contributed by atoms with Crippen molar-refractivity contribution in [2.75, 3.05) is 26.2 Å². The monoisotopic (exact) mass is 352 g/mol. The largest absolute Gasteiger partial charge is 0.460 e. The minimum Gasteiger partial charge on any atom is -0.460 e. The second-order valence-electron chi connectivity index (χ2n) is 6.02. The number of benzene rings is 1. The van der Waals surface area contributed by atoms with Crippen LogP contribution in [-0.4, -0.2) is 49.4 Å². The highest BCUT2D eigenvalue weighted by Crippen LogP contribution is 2.16. The Morgan fingerprint density at radius 3 is 2.96 bits per heavy atom. The van der Waals surface area contributed by atoms with Crippen molar-refractivity contribution in [3.63, 3.8) is 0 Å². The fourth-order valence-corrected chi connectivity index (χ4v) is 2.97. The van der Waals surface area contributed by atoms with Gasteiger partial charge in [0.2, 0.25) is 0 Å². The van der Waals surface area contributed by atoms with E-state index in [9.17, 15) is 9.59 Å². The maximum atomic E-state index is 12.3. The SMILES string of the molecule is O=CCCCCCN1CCNC(C(=O)OCc2ccccc2Cl)C1. The van der Waals surface area contributed by atoms with Crippen LogP contribution in [0.15, 0.2) is 24.3 Å². The first-order valence-corrected chi connectivity index (χ1v) is 8.88. The summed E-state index contributed by atoms with van der Waals surface area (Å²) in [6.07, 6.45) is 4.65. The number of carbonyl (C=O) groups is 2. The Morgan fingerprint density at radius 2 is 2.17 bits per heavy atom. The third-order valence-electron chi connectivity index (χ3n) is 4.17. The first kappa shape index (κ1) is 18.9. The van der Waals surface area contributed by atoms with Gasteiger partial charge in [0.1, 0.15) is 18.9 Å². The van der Waals surface area contributed by atoms with Crippen molar-refractivity contribution in [1.82, 2.24) is 10.2 Å². The molecule has 1 N–H and O–H groups in total. The molecule has 0 amide bonds. The van der Waals surface area contributed by atoms with Gasteiger partial charge < -0.3 is 14.8 Å². The summed E-state index contributed by atoms with van der Waals surface area (Å²) in [6.45, 7) is 3.52. The van der Waals surface area contributed by atoms with Crippen molar-refractivity contribution in [3.8, 4) is 0 Å². The lowest BCUT2D eigenvalue weighted by molar-refractivity contribution is -0.148. The first-order valence-electron chi connectivity index (χ1n) is 8.50. The van der Waals surface area contributed by atoms with E-state index in [1.54, 1.807) is 6.07 Å². The molecule has 0 aromatic heterocycles. The lowest BCUT2D eigenvalue weighted by Gasteiger charge is -2.32. The average molecular weight is 353 g/mol. The maximum Gasteiger partial charge on any atom is 0.324 e. The smallest absolute Gasteiger partial charge is 0.324 e. The molecule has 2 rings (SSSR count). The molecule has 1 aliphatic rings. The zero-order chi connectivity index (χ0) is 17.2. The maximum absolute atomic E-state index is 12.3. The fraction of sp³-hybridized carbons (Fsp3) is 0.556. The van der Waals surface area contributed by atoms with Gasteiger partial charge in [0.05, 0.1) is 0 Å². The minimum absolute atomic E-state index is 0.197. The number of hydrogen-bond donors (Lipinski definition) is 1. The molecular formula is C18H25ClN2O3. The quantitative estimate of drug-likeness (QED) is 0.420. The highest BCUT2D eigenvalue weighted by molar-refractivity contribution is 6.31. The molecule has 0 spiro atoms. The summed E-state index contributed by atoms with van der Waals surface area (Å²) in [5, 5.41) is 3.82. The van der Waals surface area contributed by atoms with Crippen molar-refractivity contribution in [2.24, 2.45) is 0 Å². The molecule has 1 aromatic carbocycles. The third kappa shape index (κ3) is 6.23. The average Bonchev–Trinajstić information content (AvgIpc) is 2.61. The van der Waals surface area contributed by atoms with E-state index >= 15 is 0 Å². The molecule has 1 fully saturated rings. The van der Waals surface area contributed by atoms with Crippen LogP contribution in [0.3, 0.4) is 0 Å². The van der Waals surface area contributed by atoms with Gasteiger partial charge in [-0.1, -0.05) is 36.2 Å². The molecule has 24 heavy (non-hydrogen) atoms. The molecule has 1 aromatic rings. The Labute approximate surface area is 148 Å². The van der Waals surface area contributed by atoms with Gasteiger partial charge in [-0.15, -0.1) is 0 Å². The lowest BCUT2D eigenvalue weighted by Crippen LogP contribution is -2.54. The fourth-order valence-electron chi connectivity index (χ4n) is 2.78. The molecule has 5 nitrogen and oxygen atoms in total. The van der Waals surface area contributed by atoms with Gasteiger partial charge >= 0.3 is 5.97 Å². The Bertz CT molecular complexity index is 539. The van der Waals surface area contributed by atoms with Crippen molar-refractivity contribution in [1.29, 1.82) is 0 Å². The topological polar surface area (TPSA) is 58.6 Å². The zero-order valence-corrected chi connectivity index (χ0v) is 14.6. The summed E-state index contributed by atoms with van der Waals surface area (Å²) in [5.41, 5.74) is 0.815. The number of hydrogen-bond acceptors (Lipinski definition) is 5. The predicted octanol–water partition coefficient (Wildman–Crippen LogP) is 2.42. The van der Waals surface area contributed by atoms with Gasteiger partial charge in [0.25, 0.3) is 0 Å². The second-order valence-corrected chi connectivity index (χ2v) is 6.43. The van der Waals surface area contributed by atoms with Gasteiger partial charge in [-0.3, -0.25) is 9.69 Å². The van der Waals surface area contributed by atoms with Crippen LogP contribution in [0.1, 0.15) is 31.2 Å². The molecule has 0 saturated carbocycles. The van der Waals surface area contributed by atoms with Gasteiger partial charge in [0.15, 0.2) is 0 Å². The highest BCUT2D eigenvalue weighted by Gasteiger charge is 2.26. The minimum atomic E-state index is -0.295. The molecule has 1 aliphatic heterocycles. The summed E-state index contributed by atoms with van der Waals surface area (Å²) < 4.78 is 5.40. The molecule has 0 radical (unpaired) electrons. The van der Waals surface area contributed by atoms with E-state index in [0.29, 0.717) is 18.0 Å². The highest BCUT2D eigenvalue weighted by atomic mass is 35.5. The zero-order valence-electron chi connectivity index (χ0n) is 13.9. The molecule has 132 valence electrons. The first-order chi connectivity index (χ1) is 11.7. The van der Waals surface area contributed by atoms with Crippen molar-refractivity contribution in [2.45, 2.75) is 38.3 Å². The van der Waals surface area contributed by atoms with E-state index in [2.05, 4.69) is 10.2 Å². The Hall–Kier alpha value is -1.43. The van der Waals surface area contributed by atoms with Crippen LogP contribution in [0.25, 0.3) is 0 Å². The molecule has 1 atom stereocenters. The van der Waals surface area contributed by atoms with Crippen LogP contribution in [-0.2, 0) is 20.9 Å². The normalized spacial score (nSPS) is 18.3. The van der Waals surface area contributed by atoms with Crippen LogP contribution in [0.5, 0.6) is 0 Å². The number of halogens is 1. The van der Waals surface area contributed by atoms with E-state index in [1.165, 1.54) is 0 Å². The summed E-state index contributed by atoms with van der Waals surface area (Å²) in [5.74, 6) is -0.236. The van der Waals surface area contributed by atoms with Crippen LogP contribution in [0.4, 0.5) is 0 Å². The van der Waals surface area contributed by atoms with Crippen molar-refractivity contribution >= 4 is 23.9 Å². The number of carbonyl (C=O) groups excluding carboxylic acids is 2. The van der Waals surface area contributed by atoms with E-state index in [0.717, 1.165) is 50.7 Å². The molecule has 6 heteroatoms. The lowest BCUT2D eigenvalue weighted by atomic mass is 10.1. The van der Waals surface area contributed by atoms with E-state index in [4.69, 9.17) is 16.3 Å². The van der Waals surface area contributed by atoms with E-state index in [1.807, 2.05) is 18.2 Å². The number of esters is 1. The van der Waals surface area contributed by atoms with E-state index < -0.39 is 0 Å². The number of unbranched alkanes of at least 4 members (excludes halogenated alkanes) is 3. The van der Waals surface area contributed by atoms with Crippen LogP contribution in [0, 0.1) is 0 Å². The standard InChI is InChI=1S/C18H25ClN2O3/c19-16-8-4-3-7-15(16)14-24-18(23)17-13-21(11-9-20-17)10-5-1-2-6-12-22/h3-4,7-8,12,17,20H,1-2,5-6,9-11,13-14H2. The summed E-state index contributed by atoms with van der Waals surface area (Å²) >= 11 is 6.07. The third-order valence-corrected chi connectivity index (χ3v) is 4.54. The van der Waals surface area contributed by atoms with Gasteiger partial charge in [0, 0.05) is 36.6 Å². The van der Waals surface area contributed by atoms with Gasteiger partial charge in [-0.25, -0.2) is 0 Å². The Balaban J connectivity index is 1.71. The molecule has 1 unspecified atom stereocenters. The Morgan fingerprint density at radius 1 is 1.33 bits per heavy atom. The molecular weight excluding hydrogens is 328 g/mol. The van der Waals surface area contributed by atoms with Crippen LogP contribution in [0.2, 0.25) is 5.02 Å². The van der Waals surface area contributed by atoms with E-state index in [-0.39, 0.29) is 18.6 Å². The molecule has 0 aliphatic carbocycles. The molecule has 0 bridgehead atoms. The summed E-state index contributed by atoms with van der Waals surface area (Å²) in [6, 6.07) is 7.07. The number of piperazine rings is 1. The Kier molecular flexibility index (Phi) is 8.22. The van der Waals surface area contributed by atoms with Gasteiger partial charge in [-0.05, 0) is 25.5 Å². The van der Waals surface area contributed by atoms with Crippen LogP contribution < -0.4 is 5.32 Å². The number of nitrogens with one attached hydrogen (secondary N) is 1.